The molecule has 3 saturated carbocycles. The lowest BCUT2D eigenvalue weighted by Crippen LogP contribution is -2.55. The predicted octanol–water partition coefficient (Wildman–Crippen LogP) is 6.23. The molecule has 4 N–H and O–H groups in total. The SMILES string of the molecule is C=CC1C[C@]1(NC(=O)[C@@H]1CC(Oc2cc(-c3ccccc3)nc3cc(OC)ccc23)C[C@H]1C(=O)N[C@H](C(=O)NCC1CCCCC1)C(C)C)C(=O)NS(=O)(=O)Cc1ccccc1. The van der Waals surface area contributed by atoms with Crippen LogP contribution in [0.4, 0.5) is 0 Å². The molecule has 0 spiro atoms. The molecule has 7 rings (SSSR count). The third kappa shape index (κ3) is 10.3. The van der Waals surface area contributed by atoms with E-state index in [4.69, 9.17) is 14.5 Å². The maximum atomic E-state index is 14.6. The van der Waals surface area contributed by atoms with E-state index >= 15 is 0 Å². The second-order valence-corrected chi connectivity index (χ2v) is 19.1. The number of pyridine rings is 1. The normalized spacial score (nSPS) is 22.9. The zero-order valence-electron chi connectivity index (χ0n) is 35.6. The Kier molecular flexibility index (Phi) is 13.6. The van der Waals surface area contributed by atoms with Crippen LogP contribution in [0.3, 0.4) is 0 Å². The number of amides is 4. The molecule has 62 heavy (non-hydrogen) atoms. The summed E-state index contributed by atoms with van der Waals surface area (Å²) in [5, 5.41) is 9.62. The molecular formula is C48H57N5O8S. The van der Waals surface area contributed by atoms with Gasteiger partial charge in [0.2, 0.25) is 27.7 Å². The van der Waals surface area contributed by atoms with Crippen molar-refractivity contribution in [3.05, 3.63) is 103 Å². The molecule has 1 heterocycles. The highest BCUT2D eigenvalue weighted by Gasteiger charge is 2.61. The molecule has 3 aromatic carbocycles. The summed E-state index contributed by atoms with van der Waals surface area (Å²) in [5.74, 6) is -3.94. The molecule has 1 aromatic heterocycles. The number of carbonyl (C=O) groups excluding carboxylic acids is 4. The molecule has 0 aliphatic heterocycles. The molecule has 4 aromatic rings. The van der Waals surface area contributed by atoms with E-state index in [0.717, 1.165) is 31.2 Å². The Hall–Kier alpha value is -5.76. The van der Waals surface area contributed by atoms with Crippen LogP contribution in [0.1, 0.15) is 70.8 Å². The first kappa shape index (κ1) is 44.3. The first-order chi connectivity index (χ1) is 29.8. The van der Waals surface area contributed by atoms with Gasteiger partial charge in [0.05, 0.1) is 35.9 Å². The number of hydrogen-bond acceptors (Lipinski definition) is 9. The summed E-state index contributed by atoms with van der Waals surface area (Å²) >= 11 is 0. The number of benzene rings is 3. The topological polar surface area (TPSA) is 182 Å². The summed E-state index contributed by atoms with van der Waals surface area (Å²) in [5.41, 5.74) is 1.04. The number of rotatable bonds is 17. The minimum Gasteiger partial charge on any atom is -0.497 e. The van der Waals surface area contributed by atoms with Crippen LogP contribution in [0, 0.1) is 29.6 Å². The number of methoxy groups -OCH3 is 1. The van der Waals surface area contributed by atoms with Gasteiger partial charge in [0.25, 0.3) is 5.91 Å². The number of aromatic nitrogens is 1. The number of hydrogen-bond donors (Lipinski definition) is 4. The van der Waals surface area contributed by atoms with Gasteiger partial charge in [-0.1, -0.05) is 99.8 Å². The molecule has 4 amide bonds. The summed E-state index contributed by atoms with van der Waals surface area (Å²) in [6, 6.07) is 24.6. The van der Waals surface area contributed by atoms with Crippen LogP contribution >= 0.6 is 0 Å². The lowest BCUT2D eigenvalue weighted by Gasteiger charge is -2.27. The van der Waals surface area contributed by atoms with Crippen molar-refractivity contribution < 1.29 is 37.1 Å². The summed E-state index contributed by atoms with van der Waals surface area (Å²) in [6.07, 6.45) is 6.78. The van der Waals surface area contributed by atoms with Gasteiger partial charge >= 0.3 is 0 Å². The minimum absolute atomic E-state index is 0.0908. The van der Waals surface area contributed by atoms with E-state index in [1.807, 2.05) is 68.4 Å². The molecule has 3 aliphatic rings. The monoisotopic (exact) mass is 863 g/mol. The van der Waals surface area contributed by atoms with Crippen molar-refractivity contribution in [3.8, 4) is 22.8 Å². The molecular weight excluding hydrogens is 807 g/mol. The van der Waals surface area contributed by atoms with Crippen LogP contribution in [-0.2, 0) is 35.0 Å². The average molecular weight is 864 g/mol. The lowest BCUT2D eigenvalue weighted by atomic mass is 9.89. The third-order valence-electron chi connectivity index (χ3n) is 12.6. The molecule has 6 atom stereocenters. The standard InChI is InChI=1S/C48H57N5O8S/c1-5-34-27-48(34,47(57)53-62(58,59)29-32-17-11-7-12-18-32)52-45(55)39-24-36(23-38(39)44(54)51-43(30(2)3)46(56)49-28-31-15-9-6-10-16-31)61-42-26-40(33-19-13-8-14-20-33)50-41-25-35(60-4)21-22-37(41)42/h5,7-8,11-14,17-22,25-26,30-31,34,36,38-39,43H,1,6,9-10,15-16,23-24,27-29H2,2-4H3,(H,49,56)(H,51,54)(H,52,55)(H,53,57)/t34?,36?,38-,39-,43+,48-/m1/s1. The average Bonchev–Trinajstić information content (AvgIpc) is 3.83. The summed E-state index contributed by atoms with van der Waals surface area (Å²) in [7, 11) is -2.56. The fourth-order valence-electron chi connectivity index (χ4n) is 8.95. The number of fused-ring (bicyclic) bond motifs is 1. The van der Waals surface area contributed by atoms with E-state index in [9.17, 15) is 27.6 Å². The van der Waals surface area contributed by atoms with Crippen molar-refractivity contribution in [2.45, 2.75) is 88.7 Å². The van der Waals surface area contributed by atoms with Crippen molar-refractivity contribution in [3.63, 3.8) is 0 Å². The van der Waals surface area contributed by atoms with Gasteiger partial charge in [-0.2, -0.15) is 0 Å². The molecule has 3 aliphatic carbocycles. The highest BCUT2D eigenvalue weighted by Crippen LogP contribution is 2.46. The Morgan fingerprint density at radius 1 is 0.903 bits per heavy atom. The van der Waals surface area contributed by atoms with Crippen molar-refractivity contribution in [1.82, 2.24) is 25.7 Å². The summed E-state index contributed by atoms with van der Waals surface area (Å²) < 4.78 is 40.8. The maximum absolute atomic E-state index is 14.6. The number of sulfonamides is 1. The predicted molar refractivity (Wildman–Crippen MR) is 237 cm³/mol. The Morgan fingerprint density at radius 2 is 1.58 bits per heavy atom. The molecule has 3 fully saturated rings. The van der Waals surface area contributed by atoms with Crippen molar-refractivity contribution in [2.75, 3.05) is 13.7 Å². The smallest absolute Gasteiger partial charge is 0.259 e. The second-order valence-electron chi connectivity index (χ2n) is 17.3. The van der Waals surface area contributed by atoms with E-state index in [1.54, 1.807) is 37.4 Å². The molecule has 0 saturated heterocycles. The van der Waals surface area contributed by atoms with Crippen LogP contribution in [0.5, 0.6) is 11.5 Å². The Labute approximate surface area is 363 Å². The summed E-state index contributed by atoms with van der Waals surface area (Å²) in [6.45, 7) is 8.09. The third-order valence-corrected chi connectivity index (χ3v) is 13.8. The molecule has 0 radical (unpaired) electrons. The van der Waals surface area contributed by atoms with Crippen molar-refractivity contribution in [2.24, 2.45) is 29.6 Å². The van der Waals surface area contributed by atoms with Crippen LogP contribution in [0.15, 0.2) is 97.6 Å². The first-order valence-electron chi connectivity index (χ1n) is 21.6. The number of ether oxygens (including phenoxy) is 2. The second kappa shape index (κ2) is 19.1. The zero-order valence-corrected chi connectivity index (χ0v) is 36.4. The van der Waals surface area contributed by atoms with Crippen LogP contribution in [0.2, 0.25) is 0 Å². The van der Waals surface area contributed by atoms with Gasteiger partial charge in [-0.25, -0.2) is 13.4 Å². The van der Waals surface area contributed by atoms with Crippen LogP contribution in [0.25, 0.3) is 22.2 Å². The van der Waals surface area contributed by atoms with Gasteiger partial charge in [-0.15, -0.1) is 6.58 Å². The number of nitrogens with one attached hydrogen (secondary N) is 4. The van der Waals surface area contributed by atoms with Gasteiger partial charge in [-0.05, 0) is 61.6 Å². The van der Waals surface area contributed by atoms with Gasteiger partial charge < -0.3 is 25.4 Å². The van der Waals surface area contributed by atoms with E-state index < -0.39 is 68.9 Å². The largest absolute Gasteiger partial charge is 0.497 e. The summed E-state index contributed by atoms with van der Waals surface area (Å²) in [4.78, 5) is 61.4. The Morgan fingerprint density at radius 3 is 2.23 bits per heavy atom. The highest BCUT2D eigenvalue weighted by molar-refractivity contribution is 7.89. The van der Waals surface area contributed by atoms with E-state index in [1.165, 1.54) is 12.5 Å². The number of carbonyl (C=O) groups is 4. The van der Waals surface area contributed by atoms with E-state index in [-0.39, 0.29) is 31.1 Å². The fraction of sp³-hybridized carbons (Fsp3) is 0.438. The van der Waals surface area contributed by atoms with Gasteiger partial charge in [-0.3, -0.25) is 23.9 Å². The van der Waals surface area contributed by atoms with E-state index in [0.29, 0.717) is 46.1 Å². The highest BCUT2D eigenvalue weighted by atomic mass is 32.2. The van der Waals surface area contributed by atoms with Crippen molar-refractivity contribution in [1.29, 1.82) is 0 Å². The molecule has 0 bridgehead atoms. The molecule has 328 valence electrons. The van der Waals surface area contributed by atoms with Crippen LogP contribution in [-0.4, -0.2) is 68.4 Å². The van der Waals surface area contributed by atoms with Gasteiger partial charge in [0, 0.05) is 35.5 Å². The van der Waals surface area contributed by atoms with Crippen LogP contribution < -0.4 is 30.1 Å². The molecule has 13 nitrogen and oxygen atoms in total. The van der Waals surface area contributed by atoms with Gasteiger partial charge in [0.15, 0.2) is 0 Å². The molecule has 2 unspecified atom stereocenters. The Bertz CT molecular complexity index is 2390. The zero-order chi connectivity index (χ0) is 44.0. The fourth-order valence-corrected chi connectivity index (χ4v) is 10.1. The molecule has 14 heteroatoms. The van der Waals surface area contributed by atoms with Gasteiger partial charge in [0.1, 0.15) is 29.2 Å². The van der Waals surface area contributed by atoms with E-state index in [2.05, 4.69) is 27.3 Å². The minimum atomic E-state index is -4.14. The number of nitrogens with zero attached hydrogens (tertiary/aromatic N) is 1. The van der Waals surface area contributed by atoms with Crippen molar-refractivity contribution >= 4 is 44.6 Å². The quantitative estimate of drug-likeness (QED) is 0.0896. The maximum Gasteiger partial charge on any atom is 0.259 e. The first-order valence-corrected chi connectivity index (χ1v) is 23.3. The Balaban J connectivity index is 1.15. The lowest BCUT2D eigenvalue weighted by molar-refractivity contribution is -0.137.